The number of nitrogens with zero attached hydrogens (tertiary/aromatic N) is 3. The van der Waals surface area contributed by atoms with Crippen LogP contribution in [-0.4, -0.2) is 40.7 Å². The molecule has 0 fully saturated rings. The molecule has 2 aromatic heterocycles. The number of rotatable bonds is 5. The fourth-order valence-corrected chi connectivity index (χ4v) is 2.91. The minimum absolute atomic E-state index is 0.149. The van der Waals surface area contributed by atoms with E-state index in [0.717, 1.165) is 0 Å². The van der Waals surface area contributed by atoms with Gasteiger partial charge in [-0.25, -0.2) is 4.79 Å². The smallest absolute Gasteiger partial charge is 0.356 e. The molecule has 0 saturated carbocycles. The highest BCUT2D eigenvalue weighted by atomic mass is 16.5. The quantitative estimate of drug-likeness (QED) is 0.647. The summed E-state index contributed by atoms with van der Waals surface area (Å²) in [6.45, 7) is 1.90. The summed E-state index contributed by atoms with van der Waals surface area (Å²) in [7, 11) is 4.72. The number of methoxy groups -OCH3 is 1. The van der Waals surface area contributed by atoms with Crippen LogP contribution in [0.3, 0.4) is 0 Å². The molecule has 7 nitrogen and oxygen atoms in total. The number of aromatic nitrogens is 2. The van der Waals surface area contributed by atoms with Crippen molar-refractivity contribution in [3.05, 3.63) is 65.9 Å². The zero-order valence-corrected chi connectivity index (χ0v) is 15.7. The molecule has 7 heteroatoms. The second-order valence-electron chi connectivity index (χ2n) is 6.21. The Morgan fingerprint density at radius 3 is 2.70 bits per heavy atom. The minimum Gasteiger partial charge on any atom is -0.467 e. The van der Waals surface area contributed by atoms with Gasteiger partial charge in [-0.15, -0.1) is 0 Å². The number of carbonyl (C=O) groups is 2. The van der Waals surface area contributed by atoms with Crippen LogP contribution in [0.15, 0.2) is 53.3 Å². The van der Waals surface area contributed by atoms with Gasteiger partial charge in [0.1, 0.15) is 5.76 Å². The van der Waals surface area contributed by atoms with Crippen molar-refractivity contribution >= 4 is 11.9 Å². The van der Waals surface area contributed by atoms with E-state index in [1.807, 2.05) is 19.1 Å². The lowest BCUT2D eigenvalue weighted by atomic mass is 10.0. The number of ether oxygens (including phenoxy) is 1. The number of furan rings is 1. The van der Waals surface area contributed by atoms with Crippen molar-refractivity contribution in [3.8, 4) is 11.1 Å². The van der Waals surface area contributed by atoms with Gasteiger partial charge in [0.15, 0.2) is 5.69 Å². The molecule has 1 unspecified atom stereocenters. The molecule has 1 atom stereocenters. The van der Waals surface area contributed by atoms with E-state index in [2.05, 4.69) is 5.10 Å². The third-order valence-electron chi connectivity index (χ3n) is 4.59. The molecule has 1 aromatic carbocycles. The topological polar surface area (TPSA) is 77.6 Å². The van der Waals surface area contributed by atoms with E-state index in [-0.39, 0.29) is 11.9 Å². The Kier molecular flexibility index (Phi) is 5.12. The Morgan fingerprint density at radius 1 is 1.26 bits per heavy atom. The van der Waals surface area contributed by atoms with Crippen molar-refractivity contribution in [2.24, 2.45) is 7.05 Å². The van der Waals surface area contributed by atoms with Crippen molar-refractivity contribution in [1.29, 1.82) is 0 Å². The van der Waals surface area contributed by atoms with Crippen molar-refractivity contribution in [1.82, 2.24) is 14.7 Å². The number of carbonyl (C=O) groups excluding carboxylic acids is 2. The van der Waals surface area contributed by atoms with Crippen LogP contribution in [0.25, 0.3) is 11.1 Å². The zero-order chi connectivity index (χ0) is 19.6. The first-order valence-corrected chi connectivity index (χ1v) is 8.45. The number of benzene rings is 1. The second-order valence-corrected chi connectivity index (χ2v) is 6.21. The molecule has 0 saturated heterocycles. The van der Waals surface area contributed by atoms with Crippen LogP contribution >= 0.6 is 0 Å². The number of hydrogen-bond acceptors (Lipinski definition) is 5. The van der Waals surface area contributed by atoms with Gasteiger partial charge in [-0.2, -0.15) is 5.10 Å². The fraction of sp³-hybridized carbons (Fsp3) is 0.250. The predicted octanol–water partition coefficient (Wildman–Crippen LogP) is 3.30. The third kappa shape index (κ3) is 3.48. The molecule has 140 valence electrons. The highest BCUT2D eigenvalue weighted by molar-refractivity contribution is 5.98. The fourth-order valence-electron chi connectivity index (χ4n) is 2.91. The number of amides is 1. The van der Waals surface area contributed by atoms with Crippen molar-refractivity contribution in [2.45, 2.75) is 13.0 Å². The first kappa shape index (κ1) is 18.4. The standard InChI is InChI=1S/C20H21N3O4/c1-13(17-9-6-10-27-17)22(2)19(24)15-8-5-7-14(11-15)16-12-21-23(3)18(16)20(25)26-4/h5-13H,1-4H3. The van der Waals surface area contributed by atoms with Gasteiger partial charge < -0.3 is 14.1 Å². The van der Waals surface area contributed by atoms with E-state index < -0.39 is 5.97 Å². The largest absolute Gasteiger partial charge is 0.467 e. The second kappa shape index (κ2) is 7.49. The maximum Gasteiger partial charge on any atom is 0.356 e. The molecule has 3 rings (SSSR count). The Balaban J connectivity index is 1.92. The van der Waals surface area contributed by atoms with Crippen LogP contribution in [0.1, 0.15) is 39.6 Å². The maximum atomic E-state index is 12.9. The Labute approximate surface area is 157 Å². The summed E-state index contributed by atoms with van der Waals surface area (Å²) in [5, 5.41) is 4.14. The van der Waals surface area contributed by atoms with Gasteiger partial charge in [-0.05, 0) is 36.8 Å². The number of aryl methyl sites for hydroxylation is 1. The van der Waals surface area contributed by atoms with Gasteiger partial charge in [0.05, 0.1) is 25.6 Å². The van der Waals surface area contributed by atoms with Gasteiger partial charge in [0, 0.05) is 25.2 Å². The lowest BCUT2D eigenvalue weighted by Crippen LogP contribution is -2.29. The third-order valence-corrected chi connectivity index (χ3v) is 4.59. The van der Waals surface area contributed by atoms with E-state index in [4.69, 9.17) is 9.15 Å². The molecule has 3 aromatic rings. The van der Waals surface area contributed by atoms with E-state index in [1.165, 1.54) is 11.8 Å². The molecule has 27 heavy (non-hydrogen) atoms. The number of esters is 1. The van der Waals surface area contributed by atoms with Gasteiger partial charge in [0.25, 0.3) is 5.91 Å². The summed E-state index contributed by atoms with van der Waals surface area (Å²) in [4.78, 5) is 26.6. The van der Waals surface area contributed by atoms with Crippen LogP contribution in [0.5, 0.6) is 0 Å². The van der Waals surface area contributed by atoms with Gasteiger partial charge >= 0.3 is 5.97 Å². The summed E-state index contributed by atoms with van der Waals surface area (Å²) in [5.74, 6) is 0.0804. The van der Waals surface area contributed by atoms with Crippen molar-refractivity contribution < 1.29 is 18.7 Å². The van der Waals surface area contributed by atoms with E-state index in [9.17, 15) is 9.59 Å². The summed E-state index contributed by atoms with van der Waals surface area (Å²) < 4.78 is 11.7. The molecular weight excluding hydrogens is 346 g/mol. The highest BCUT2D eigenvalue weighted by Gasteiger charge is 2.23. The van der Waals surface area contributed by atoms with Crippen LogP contribution in [0.4, 0.5) is 0 Å². The summed E-state index contributed by atoms with van der Waals surface area (Å²) in [6, 6.07) is 10.5. The van der Waals surface area contributed by atoms with Gasteiger partial charge in [0.2, 0.25) is 0 Å². The van der Waals surface area contributed by atoms with Crippen molar-refractivity contribution in [3.63, 3.8) is 0 Å². The highest BCUT2D eigenvalue weighted by Crippen LogP contribution is 2.26. The average molecular weight is 367 g/mol. The molecule has 0 aliphatic heterocycles. The first-order valence-electron chi connectivity index (χ1n) is 8.45. The molecule has 0 bridgehead atoms. The van der Waals surface area contributed by atoms with Crippen LogP contribution < -0.4 is 0 Å². The molecule has 0 spiro atoms. The average Bonchev–Trinajstić information content (AvgIpc) is 3.35. The predicted molar refractivity (Wildman–Crippen MR) is 99.2 cm³/mol. The zero-order valence-electron chi connectivity index (χ0n) is 15.7. The Hall–Kier alpha value is -3.35. The van der Waals surface area contributed by atoms with Gasteiger partial charge in [-0.3, -0.25) is 9.48 Å². The SMILES string of the molecule is COC(=O)c1c(-c2cccc(C(=O)N(C)C(C)c3ccco3)c2)cnn1C. The molecule has 1 amide bonds. The molecule has 2 heterocycles. The molecule has 0 N–H and O–H groups in total. The van der Waals surface area contributed by atoms with Gasteiger partial charge in [-0.1, -0.05) is 12.1 Å². The lowest BCUT2D eigenvalue weighted by molar-refractivity contribution is 0.0589. The summed E-state index contributed by atoms with van der Waals surface area (Å²) in [6.07, 6.45) is 3.17. The van der Waals surface area contributed by atoms with E-state index in [1.54, 1.807) is 55.7 Å². The molecule has 0 aliphatic rings. The Morgan fingerprint density at radius 2 is 2.04 bits per heavy atom. The van der Waals surface area contributed by atoms with Crippen LogP contribution in [0.2, 0.25) is 0 Å². The van der Waals surface area contributed by atoms with E-state index in [0.29, 0.717) is 28.1 Å². The van der Waals surface area contributed by atoms with E-state index >= 15 is 0 Å². The maximum absolute atomic E-state index is 12.9. The van der Waals surface area contributed by atoms with Crippen LogP contribution in [-0.2, 0) is 11.8 Å². The van der Waals surface area contributed by atoms with Crippen LogP contribution in [0, 0.1) is 0 Å². The molecule has 0 radical (unpaired) electrons. The molecule has 0 aliphatic carbocycles. The lowest BCUT2D eigenvalue weighted by Gasteiger charge is -2.23. The Bertz CT molecular complexity index is 960. The minimum atomic E-state index is -0.481. The normalized spacial score (nSPS) is 11.9. The molecular formula is C20H21N3O4. The summed E-state index contributed by atoms with van der Waals surface area (Å²) in [5.41, 5.74) is 2.17. The number of hydrogen-bond donors (Lipinski definition) is 0. The first-order chi connectivity index (χ1) is 12.9. The summed E-state index contributed by atoms with van der Waals surface area (Å²) >= 11 is 0. The monoisotopic (exact) mass is 367 g/mol. The van der Waals surface area contributed by atoms with Crippen molar-refractivity contribution in [2.75, 3.05) is 14.2 Å².